The maximum absolute atomic E-state index is 12.8. The average molecular weight is 410 g/mol. The Hall–Kier alpha value is -2.86. The van der Waals surface area contributed by atoms with Gasteiger partial charge in [-0.15, -0.1) is 6.58 Å². The second-order valence-electron chi connectivity index (χ2n) is 6.48. The lowest BCUT2D eigenvalue weighted by molar-refractivity contribution is 0.0998. The molecule has 1 heterocycles. The van der Waals surface area contributed by atoms with Gasteiger partial charge in [0, 0.05) is 30.9 Å². The number of fused-ring (bicyclic) bond motifs is 1. The third kappa shape index (κ3) is 4.59. The van der Waals surface area contributed by atoms with Gasteiger partial charge in [0.15, 0.2) is 4.80 Å². The zero-order valence-electron chi connectivity index (χ0n) is 17.2. The van der Waals surface area contributed by atoms with E-state index in [2.05, 4.69) is 30.3 Å². The van der Waals surface area contributed by atoms with Crippen molar-refractivity contribution in [1.29, 1.82) is 0 Å². The number of hydrogen-bond acceptors (Lipinski definition) is 4. The minimum absolute atomic E-state index is 0.245. The van der Waals surface area contributed by atoms with Crippen LogP contribution in [0.4, 0.5) is 5.69 Å². The van der Waals surface area contributed by atoms with Crippen LogP contribution in [0.25, 0.3) is 10.2 Å². The van der Waals surface area contributed by atoms with Crippen LogP contribution in [0.3, 0.4) is 0 Å². The largest absolute Gasteiger partial charge is 0.494 e. The van der Waals surface area contributed by atoms with E-state index in [1.807, 2.05) is 60.0 Å². The molecule has 0 fully saturated rings. The first kappa shape index (κ1) is 20.9. The highest BCUT2D eigenvalue weighted by Crippen LogP contribution is 2.24. The first-order valence-corrected chi connectivity index (χ1v) is 10.7. The van der Waals surface area contributed by atoms with E-state index in [-0.39, 0.29) is 5.91 Å². The number of aromatic nitrogens is 1. The van der Waals surface area contributed by atoms with Gasteiger partial charge < -0.3 is 14.2 Å². The number of allylic oxidation sites excluding steroid dienone is 1. The maximum Gasteiger partial charge on any atom is 0.279 e. The third-order valence-corrected chi connectivity index (χ3v) is 5.76. The molecule has 0 N–H and O–H groups in total. The predicted molar refractivity (Wildman–Crippen MR) is 121 cm³/mol. The van der Waals surface area contributed by atoms with Crippen molar-refractivity contribution in [3.63, 3.8) is 0 Å². The van der Waals surface area contributed by atoms with Crippen molar-refractivity contribution in [2.75, 3.05) is 24.6 Å². The van der Waals surface area contributed by atoms with E-state index in [4.69, 9.17) is 4.74 Å². The normalized spacial score (nSPS) is 11.6. The third-order valence-electron chi connectivity index (χ3n) is 4.72. The quantitative estimate of drug-likeness (QED) is 0.499. The molecule has 0 saturated carbocycles. The van der Waals surface area contributed by atoms with Crippen LogP contribution < -0.4 is 14.4 Å². The molecular formula is C23H27N3O2S. The summed E-state index contributed by atoms with van der Waals surface area (Å²) in [5.74, 6) is 0.572. The van der Waals surface area contributed by atoms with Crippen LogP contribution in [0.2, 0.25) is 0 Å². The highest BCUT2D eigenvalue weighted by Gasteiger charge is 2.10. The van der Waals surface area contributed by atoms with Crippen molar-refractivity contribution >= 4 is 33.1 Å². The first-order chi connectivity index (χ1) is 14.1. The molecule has 0 aliphatic heterocycles. The number of carbonyl (C=O) groups excluding carboxylic acids is 1. The van der Waals surface area contributed by atoms with Gasteiger partial charge in [0.1, 0.15) is 5.75 Å². The fourth-order valence-corrected chi connectivity index (χ4v) is 4.32. The van der Waals surface area contributed by atoms with Crippen LogP contribution in [-0.2, 0) is 6.54 Å². The second-order valence-corrected chi connectivity index (χ2v) is 7.49. The van der Waals surface area contributed by atoms with E-state index in [0.717, 1.165) is 34.7 Å². The van der Waals surface area contributed by atoms with Crippen LogP contribution in [-0.4, -0.2) is 30.2 Å². The molecule has 3 aromatic rings. The SMILES string of the molecule is C=CCn1c(=NC(=O)c2ccc(N(CC)CC)cc2)sc2cc(OCC)ccc21. The van der Waals surface area contributed by atoms with Crippen molar-refractivity contribution < 1.29 is 9.53 Å². The van der Waals surface area contributed by atoms with Crippen molar-refractivity contribution in [3.05, 3.63) is 65.5 Å². The van der Waals surface area contributed by atoms with Gasteiger partial charge in [-0.2, -0.15) is 4.99 Å². The molecule has 0 spiro atoms. The molecule has 2 aromatic carbocycles. The Morgan fingerprint density at radius 3 is 2.52 bits per heavy atom. The fourth-order valence-electron chi connectivity index (χ4n) is 3.26. The van der Waals surface area contributed by atoms with Crippen LogP contribution in [0, 0.1) is 0 Å². The number of hydrogen-bond donors (Lipinski definition) is 0. The minimum Gasteiger partial charge on any atom is -0.494 e. The summed E-state index contributed by atoms with van der Waals surface area (Å²) in [4.78, 5) is 20.1. The second kappa shape index (κ2) is 9.56. The molecule has 6 heteroatoms. The number of thiazole rings is 1. The molecule has 152 valence electrons. The van der Waals surface area contributed by atoms with Gasteiger partial charge in [0.25, 0.3) is 5.91 Å². The highest BCUT2D eigenvalue weighted by atomic mass is 32.1. The molecule has 1 amide bonds. The summed E-state index contributed by atoms with van der Waals surface area (Å²) in [6, 6.07) is 13.6. The highest BCUT2D eigenvalue weighted by molar-refractivity contribution is 7.16. The molecule has 5 nitrogen and oxygen atoms in total. The Morgan fingerprint density at radius 2 is 1.90 bits per heavy atom. The Morgan fingerprint density at radius 1 is 1.17 bits per heavy atom. The number of carbonyl (C=O) groups is 1. The van der Waals surface area contributed by atoms with E-state index in [9.17, 15) is 4.79 Å². The standard InChI is InChI=1S/C23H27N3O2S/c1-5-15-26-20-14-13-19(28-8-4)16-21(20)29-23(26)24-22(27)17-9-11-18(12-10-17)25(6-2)7-3/h5,9-14,16H,1,6-8,15H2,2-4H3. The number of benzene rings is 2. The van der Waals surface area contributed by atoms with E-state index >= 15 is 0 Å². The topological polar surface area (TPSA) is 46.8 Å². The summed E-state index contributed by atoms with van der Waals surface area (Å²) in [6.45, 7) is 13.1. The van der Waals surface area contributed by atoms with Gasteiger partial charge in [0.05, 0.1) is 16.8 Å². The van der Waals surface area contributed by atoms with Gasteiger partial charge >= 0.3 is 0 Å². The van der Waals surface area contributed by atoms with Crippen molar-refractivity contribution in [3.8, 4) is 5.75 Å². The Balaban J connectivity index is 1.98. The van der Waals surface area contributed by atoms with E-state index in [1.165, 1.54) is 11.3 Å². The number of rotatable bonds is 8. The molecule has 29 heavy (non-hydrogen) atoms. The summed E-state index contributed by atoms with van der Waals surface area (Å²) in [6.07, 6.45) is 1.81. The van der Waals surface area contributed by atoms with Crippen LogP contribution in [0.1, 0.15) is 31.1 Å². The number of nitrogens with zero attached hydrogens (tertiary/aromatic N) is 3. The molecule has 0 atom stereocenters. The Labute approximate surface area is 175 Å². The lowest BCUT2D eigenvalue weighted by Crippen LogP contribution is -2.21. The monoisotopic (exact) mass is 409 g/mol. The van der Waals surface area contributed by atoms with Gasteiger partial charge in [0.2, 0.25) is 0 Å². The zero-order chi connectivity index (χ0) is 20.8. The summed E-state index contributed by atoms with van der Waals surface area (Å²) < 4.78 is 8.63. The van der Waals surface area contributed by atoms with E-state index in [0.29, 0.717) is 23.5 Å². The minimum atomic E-state index is -0.245. The number of amides is 1. The fraction of sp³-hybridized carbons (Fsp3) is 0.304. The van der Waals surface area contributed by atoms with Gasteiger partial charge in [-0.3, -0.25) is 4.79 Å². The molecule has 3 rings (SSSR count). The van der Waals surface area contributed by atoms with E-state index in [1.54, 1.807) is 0 Å². The summed E-state index contributed by atoms with van der Waals surface area (Å²) in [5.41, 5.74) is 2.71. The Bertz CT molecular complexity index is 1060. The van der Waals surface area contributed by atoms with Gasteiger partial charge in [-0.1, -0.05) is 17.4 Å². The molecule has 0 unspecified atom stereocenters. The molecule has 0 bridgehead atoms. The average Bonchev–Trinajstić information content (AvgIpc) is 3.06. The smallest absolute Gasteiger partial charge is 0.279 e. The van der Waals surface area contributed by atoms with Gasteiger partial charge in [-0.25, -0.2) is 0 Å². The number of ether oxygens (including phenoxy) is 1. The molecule has 0 saturated heterocycles. The molecule has 0 radical (unpaired) electrons. The number of anilines is 1. The van der Waals surface area contributed by atoms with Crippen molar-refractivity contribution in [2.45, 2.75) is 27.3 Å². The van der Waals surface area contributed by atoms with Crippen molar-refractivity contribution in [1.82, 2.24) is 4.57 Å². The van der Waals surface area contributed by atoms with Gasteiger partial charge in [-0.05, 0) is 63.2 Å². The maximum atomic E-state index is 12.8. The summed E-state index contributed by atoms with van der Waals surface area (Å²) in [5, 5.41) is 0. The van der Waals surface area contributed by atoms with Crippen LogP contribution in [0.5, 0.6) is 5.75 Å². The predicted octanol–water partition coefficient (Wildman–Crippen LogP) is 4.87. The Kier molecular flexibility index (Phi) is 6.88. The van der Waals surface area contributed by atoms with Crippen LogP contribution in [0.15, 0.2) is 60.1 Å². The summed E-state index contributed by atoms with van der Waals surface area (Å²) in [7, 11) is 0. The van der Waals surface area contributed by atoms with Crippen molar-refractivity contribution in [2.24, 2.45) is 4.99 Å². The molecule has 1 aromatic heterocycles. The lowest BCUT2D eigenvalue weighted by Gasteiger charge is -2.20. The first-order valence-electron chi connectivity index (χ1n) is 9.92. The van der Waals surface area contributed by atoms with E-state index < -0.39 is 0 Å². The molecular weight excluding hydrogens is 382 g/mol. The van der Waals surface area contributed by atoms with Crippen LogP contribution >= 0.6 is 11.3 Å². The molecule has 0 aliphatic rings. The zero-order valence-corrected chi connectivity index (χ0v) is 18.0. The lowest BCUT2D eigenvalue weighted by atomic mass is 10.2. The summed E-state index contributed by atoms with van der Waals surface area (Å²) >= 11 is 1.48. The molecule has 0 aliphatic carbocycles.